The van der Waals surface area contributed by atoms with Crippen molar-refractivity contribution in [2.24, 2.45) is 0 Å². The zero-order chi connectivity index (χ0) is 12.1. The largest absolute Gasteiger partial charge is 0.493 e. The van der Waals surface area contributed by atoms with Crippen molar-refractivity contribution < 1.29 is 14.6 Å². The maximum absolute atomic E-state index is 9.74. The zero-order valence-electron chi connectivity index (χ0n) is 9.79. The Morgan fingerprint density at radius 1 is 1.38 bits per heavy atom. The molecule has 0 aromatic heterocycles. The Kier molecular flexibility index (Phi) is 4.90. The summed E-state index contributed by atoms with van der Waals surface area (Å²) < 4.78 is 10.6. The third-order valence-corrected chi connectivity index (χ3v) is 2.59. The Labute approximate surface area is 101 Å². The van der Waals surface area contributed by atoms with Gasteiger partial charge in [-0.2, -0.15) is 0 Å². The molecule has 1 N–H and O–H groups in total. The molecule has 0 amide bonds. The molecule has 0 saturated carbocycles. The van der Waals surface area contributed by atoms with Crippen molar-refractivity contribution in [2.45, 2.75) is 26.4 Å². The van der Waals surface area contributed by atoms with Gasteiger partial charge in [0, 0.05) is 0 Å². The summed E-state index contributed by atoms with van der Waals surface area (Å²) in [5, 5.41) is 10.2. The average Bonchev–Trinajstić information content (AvgIpc) is 2.30. The molecule has 1 unspecified atom stereocenters. The van der Waals surface area contributed by atoms with Crippen LogP contribution in [0.2, 0.25) is 5.02 Å². The van der Waals surface area contributed by atoms with Gasteiger partial charge in [-0.3, -0.25) is 0 Å². The fourth-order valence-electron chi connectivity index (χ4n) is 1.45. The first-order valence-corrected chi connectivity index (χ1v) is 5.70. The predicted octanol–water partition coefficient (Wildman–Crippen LogP) is 3.19. The molecular weight excluding hydrogens is 228 g/mol. The van der Waals surface area contributed by atoms with Gasteiger partial charge in [0.1, 0.15) is 0 Å². The molecule has 0 heterocycles. The first-order chi connectivity index (χ1) is 7.63. The highest BCUT2D eigenvalue weighted by Gasteiger charge is 2.14. The Morgan fingerprint density at radius 2 is 2.06 bits per heavy atom. The normalized spacial score (nSPS) is 12.3. The van der Waals surface area contributed by atoms with Crippen molar-refractivity contribution in [1.82, 2.24) is 0 Å². The standard InChI is InChI=1S/C12H17ClO3/c1-4-10(14)8-6-9(13)12(16-5-2)11(7-8)15-3/h6-7,10,14H,4-5H2,1-3H3. The van der Waals surface area contributed by atoms with Gasteiger partial charge in [-0.05, 0) is 31.0 Å². The summed E-state index contributed by atoms with van der Waals surface area (Å²) in [5.74, 6) is 1.08. The highest BCUT2D eigenvalue weighted by atomic mass is 35.5. The molecule has 0 saturated heterocycles. The second kappa shape index (κ2) is 5.97. The SMILES string of the molecule is CCOc1c(Cl)cc(C(O)CC)cc1OC. The third kappa shape index (κ3) is 2.80. The first kappa shape index (κ1) is 13.1. The van der Waals surface area contributed by atoms with Crippen LogP contribution in [0.25, 0.3) is 0 Å². The molecular formula is C12H17ClO3. The van der Waals surface area contributed by atoms with Gasteiger partial charge < -0.3 is 14.6 Å². The Bertz CT molecular complexity index is 352. The quantitative estimate of drug-likeness (QED) is 0.865. The molecule has 1 aromatic carbocycles. The van der Waals surface area contributed by atoms with Gasteiger partial charge in [0.05, 0.1) is 24.8 Å². The van der Waals surface area contributed by atoms with Crippen LogP contribution >= 0.6 is 11.6 Å². The van der Waals surface area contributed by atoms with Crippen LogP contribution in [0.5, 0.6) is 11.5 Å². The van der Waals surface area contributed by atoms with E-state index in [9.17, 15) is 5.11 Å². The maximum atomic E-state index is 9.74. The molecule has 0 spiro atoms. The number of aliphatic hydroxyl groups excluding tert-OH is 1. The molecule has 1 atom stereocenters. The van der Waals surface area contributed by atoms with Gasteiger partial charge >= 0.3 is 0 Å². The fraction of sp³-hybridized carbons (Fsp3) is 0.500. The van der Waals surface area contributed by atoms with E-state index < -0.39 is 6.10 Å². The van der Waals surface area contributed by atoms with E-state index in [1.165, 1.54) is 0 Å². The molecule has 0 bridgehead atoms. The van der Waals surface area contributed by atoms with Gasteiger partial charge in [0.25, 0.3) is 0 Å². The number of methoxy groups -OCH3 is 1. The van der Waals surface area contributed by atoms with Crippen LogP contribution in [0.3, 0.4) is 0 Å². The summed E-state index contributed by atoms with van der Waals surface area (Å²) in [4.78, 5) is 0. The molecule has 0 aliphatic rings. The lowest BCUT2D eigenvalue weighted by Gasteiger charge is -2.15. The molecule has 1 aromatic rings. The van der Waals surface area contributed by atoms with Crippen LogP contribution in [-0.4, -0.2) is 18.8 Å². The highest BCUT2D eigenvalue weighted by Crippen LogP contribution is 2.38. The molecule has 1 rings (SSSR count). The Balaban J connectivity index is 3.15. The monoisotopic (exact) mass is 244 g/mol. The molecule has 0 aliphatic heterocycles. The van der Waals surface area contributed by atoms with Crippen LogP contribution in [0.4, 0.5) is 0 Å². The second-order valence-electron chi connectivity index (χ2n) is 3.39. The van der Waals surface area contributed by atoms with Crippen LogP contribution in [0.1, 0.15) is 31.9 Å². The van der Waals surface area contributed by atoms with E-state index in [1.54, 1.807) is 19.2 Å². The number of rotatable bonds is 5. The van der Waals surface area contributed by atoms with Crippen LogP contribution in [0.15, 0.2) is 12.1 Å². The smallest absolute Gasteiger partial charge is 0.179 e. The molecule has 0 aliphatic carbocycles. The summed E-state index contributed by atoms with van der Waals surface area (Å²) in [5.41, 5.74) is 0.743. The van der Waals surface area contributed by atoms with Gasteiger partial charge in [0.15, 0.2) is 11.5 Å². The van der Waals surface area contributed by atoms with Crippen molar-refractivity contribution in [3.05, 3.63) is 22.7 Å². The number of hydrogen-bond acceptors (Lipinski definition) is 3. The Hall–Kier alpha value is -0.930. The van der Waals surface area contributed by atoms with Crippen LogP contribution in [0, 0.1) is 0 Å². The minimum absolute atomic E-state index is 0.462. The minimum atomic E-state index is -0.526. The van der Waals surface area contributed by atoms with Gasteiger partial charge in [-0.25, -0.2) is 0 Å². The van der Waals surface area contributed by atoms with Gasteiger partial charge in [-0.15, -0.1) is 0 Å². The maximum Gasteiger partial charge on any atom is 0.179 e. The Morgan fingerprint density at radius 3 is 2.56 bits per heavy atom. The topological polar surface area (TPSA) is 38.7 Å². The average molecular weight is 245 g/mol. The minimum Gasteiger partial charge on any atom is -0.493 e. The lowest BCUT2D eigenvalue weighted by Crippen LogP contribution is -2.00. The van der Waals surface area contributed by atoms with E-state index >= 15 is 0 Å². The molecule has 0 radical (unpaired) electrons. The summed E-state index contributed by atoms with van der Waals surface area (Å²) >= 11 is 6.08. The van der Waals surface area contributed by atoms with Crippen molar-refractivity contribution in [3.8, 4) is 11.5 Å². The van der Waals surface area contributed by atoms with E-state index in [0.717, 1.165) is 5.56 Å². The van der Waals surface area contributed by atoms with Crippen molar-refractivity contribution in [2.75, 3.05) is 13.7 Å². The summed E-state index contributed by atoms with van der Waals surface area (Å²) in [7, 11) is 1.55. The van der Waals surface area contributed by atoms with Crippen molar-refractivity contribution in [3.63, 3.8) is 0 Å². The first-order valence-electron chi connectivity index (χ1n) is 5.32. The number of ether oxygens (including phenoxy) is 2. The van der Waals surface area contributed by atoms with Gasteiger partial charge in [-0.1, -0.05) is 18.5 Å². The summed E-state index contributed by atoms with van der Waals surface area (Å²) in [6, 6.07) is 3.47. The molecule has 0 fully saturated rings. The van der Waals surface area contributed by atoms with Crippen molar-refractivity contribution in [1.29, 1.82) is 0 Å². The number of aliphatic hydroxyl groups is 1. The zero-order valence-corrected chi connectivity index (χ0v) is 10.5. The van der Waals surface area contributed by atoms with E-state index in [1.807, 2.05) is 13.8 Å². The molecule has 3 nitrogen and oxygen atoms in total. The van der Waals surface area contributed by atoms with Crippen LogP contribution in [-0.2, 0) is 0 Å². The summed E-state index contributed by atoms with van der Waals surface area (Å²) in [6.45, 7) is 4.30. The number of halogens is 1. The number of hydrogen-bond donors (Lipinski definition) is 1. The van der Waals surface area contributed by atoms with Gasteiger partial charge in [0.2, 0.25) is 0 Å². The highest BCUT2D eigenvalue weighted by molar-refractivity contribution is 6.32. The molecule has 16 heavy (non-hydrogen) atoms. The number of benzene rings is 1. The predicted molar refractivity (Wildman–Crippen MR) is 64.4 cm³/mol. The van der Waals surface area contributed by atoms with E-state index in [2.05, 4.69) is 0 Å². The van der Waals surface area contributed by atoms with E-state index in [4.69, 9.17) is 21.1 Å². The lowest BCUT2D eigenvalue weighted by atomic mass is 10.1. The molecule has 90 valence electrons. The fourth-order valence-corrected chi connectivity index (χ4v) is 1.73. The van der Waals surface area contributed by atoms with E-state index in [0.29, 0.717) is 29.5 Å². The summed E-state index contributed by atoms with van der Waals surface area (Å²) in [6.07, 6.45) is 0.107. The molecule has 4 heteroatoms. The third-order valence-electron chi connectivity index (χ3n) is 2.31. The second-order valence-corrected chi connectivity index (χ2v) is 3.80. The van der Waals surface area contributed by atoms with Crippen molar-refractivity contribution >= 4 is 11.6 Å². The lowest BCUT2D eigenvalue weighted by molar-refractivity contribution is 0.173. The van der Waals surface area contributed by atoms with E-state index in [-0.39, 0.29) is 0 Å². The van der Waals surface area contributed by atoms with Crippen LogP contribution < -0.4 is 9.47 Å².